The van der Waals surface area contributed by atoms with Crippen molar-refractivity contribution in [3.63, 3.8) is 0 Å². The van der Waals surface area contributed by atoms with Crippen LogP contribution in [0.15, 0.2) is 24.3 Å². The van der Waals surface area contributed by atoms with Crippen molar-refractivity contribution in [2.45, 2.75) is 76.2 Å². The fourth-order valence-corrected chi connectivity index (χ4v) is 4.69. The van der Waals surface area contributed by atoms with E-state index in [9.17, 15) is 14.4 Å². The van der Waals surface area contributed by atoms with Crippen molar-refractivity contribution in [3.05, 3.63) is 29.8 Å². The molecule has 0 atom stereocenters. The number of aryl methyl sites for hydroxylation is 1. The molecule has 1 saturated carbocycles. The highest BCUT2D eigenvalue weighted by Crippen LogP contribution is 2.29. The summed E-state index contributed by atoms with van der Waals surface area (Å²) >= 11 is 0. The minimum atomic E-state index is -2.74. The van der Waals surface area contributed by atoms with E-state index >= 15 is 0 Å². The Morgan fingerprint density at radius 3 is 2.09 bits per heavy atom. The molecule has 1 aliphatic carbocycles. The lowest BCUT2D eigenvalue weighted by Gasteiger charge is -2.22. The first-order valence-electron chi connectivity index (χ1n) is 12.5. The van der Waals surface area contributed by atoms with Gasteiger partial charge in [-0.15, -0.1) is 0 Å². The van der Waals surface area contributed by atoms with Gasteiger partial charge in [-0.3, -0.25) is 14.5 Å². The van der Waals surface area contributed by atoms with E-state index in [1.165, 1.54) is 76.4 Å². The summed E-state index contributed by atoms with van der Waals surface area (Å²) in [6.07, 6.45) is 10.2. The largest absolute Gasteiger partial charge is 0.492 e. The lowest BCUT2D eigenvalue weighted by atomic mass is 9.85. The number of rotatable bonds is 12. The molecule has 0 radical (unpaired) electrons. The maximum absolute atomic E-state index is 10.3. The Bertz CT molecular complexity index is 799. The van der Waals surface area contributed by atoms with Gasteiger partial charge in [0.15, 0.2) is 5.60 Å². The molecular weight excluding hydrogens is 454 g/mol. The van der Waals surface area contributed by atoms with Crippen molar-refractivity contribution in [2.75, 3.05) is 26.2 Å². The lowest BCUT2D eigenvalue weighted by molar-refractivity contribution is -0.170. The summed E-state index contributed by atoms with van der Waals surface area (Å²) in [6, 6.07) is 8.67. The van der Waals surface area contributed by atoms with Crippen LogP contribution in [0.4, 0.5) is 0 Å². The second kappa shape index (κ2) is 14.7. The SMILES string of the molecule is O=C(O)CC(O)(CC(=O)O)C(=O)O.c1ccc(OCCN2CCCC2)c(CCC2CCCCC2)c1. The zero-order valence-corrected chi connectivity index (χ0v) is 20.4. The smallest absolute Gasteiger partial charge is 0.336 e. The van der Waals surface area contributed by atoms with Crippen molar-refractivity contribution in [1.82, 2.24) is 4.90 Å². The van der Waals surface area contributed by atoms with Crippen LogP contribution < -0.4 is 4.74 Å². The maximum Gasteiger partial charge on any atom is 0.336 e. The topological polar surface area (TPSA) is 145 Å². The molecule has 2 fully saturated rings. The summed E-state index contributed by atoms with van der Waals surface area (Å²) < 4.78 is 6.10. The molecule has 3 rings (SSSR count). The average molecular weight is 494 g/mol. The van der Waals surface area contributed by atoms with Crippen LogP contribution in [0.3, 0.4) is 0 Å². The first-order chi connectivity index (χ1) is 16.7. The van der Waals surface area contributed by atoms with Crippen LogP contribution in [0.2, 0.25) is 0 Å². The van der Waals surface area contributed by atoms with E-state index in [4.69, 9.17) is 25.2 Å². The van der Waals surface area contributed by atoms with Crippen LogP contribution in [-0.4, -0.2) is 75.1 Å². The standard InChI is InChI=1S/C20H31NO.C6H8O7/c1-2-8-18(9-3-1)12-13-19-10-4-5-11-20(19)22-17-16-21-14-6-7-15-21;7-3(8)1-6(13,5(11)12)2-4(9)10/h4-5,10-11,18H,1-3,6-9,12-17H2;13H,1-2H2,(H,7,8)(H,9,10)(H,11,12). The van der Waals surface area contributed by atoms with Gasteiger partial charge in [0.05, 0.1) is 12.8 Å². The molecule has 9 nitrogen and oxygen atoms in total. The van der Waals surface area contributed by atoms with Crippen molar-refractivity contribution in [2.24, 2.45) is 5.92 Å². The normalized spacial score (nSPS) is 16.8. The van der Waals surface area contributed by atoms with E-state index in [2.05, 4.69) is 29.2 Å². The Morgan fingerprint density at radius 2 is 1.51 bits per heavy atom. The summed E-state index contributed by atoms with van der Waals surface area (Å²) in [6.45, 7) is 4.43. The van der Waals surface area contributed by atoms with Gasteiger partial charge in [0.2, 0.25) is 0 Å². The first-order valence-corrected chi connectivity index (χ1v) is 12.5. The Balaban J connectivity index is 0.000000287. The number of likely N-dealkylation sites (tertiary alicyclic amines) is 1. The number of carboxylic acid groups (broad SMARTS) is 3. The third-order valence-electron chi connectivity index (χ3n) is 6.67. The number of aliphatic hydroxyl groups is 1. The molecule has 1 heterocycles. The molecule has 4 N–H and O–H groups in total. The predicted molar refractivity (Wildman–Crippen MR) is 130 cm³/mol. The van der Waals surface area contributed by atoms with Gasteiger partial charge in [-0.25, -0.2) is 4.79 Å². The Labute approximate surface area is 206 Å². The van der Waals surface area contributed by atoms with E-state index in [1.54, 1.807) is 0 Å². The molecule has 0 aromatic heterocycles. The maximum atomic E-state index is 10.3. The van der Waals surface area contributed by atoms with E-state index in [0.29, 0.717) is 0 Å². The molecule has 9 heteroatoms. The molecule has 0 unspecified atom stereocenters. The minimum absolute atomic E-state index is 0.834. The van der Waals surface area contributed by atoms with Crippen LogP contribution in [0.1, 0.15) is 69.8 Å². The highest BCUT2D eigenvalue weighted by molar-refractivity contribution is 5.88. The fraction of sp³-hybridized carbons (Fsp3) is 0.654. The molecule has 0 amide bonds. The molecule has 0 bridgehead atoms. The second-order valence-electron chi connectivity index (χ2n) is 9.53. The van der Waals surface area contributed by atoms with Crippen molar-refractivity contribution < 1.29 is 39.5 Å². The summed E-state index contributed by atoms with van der Waals surface area (Å²) in [4.78, 5) is 33.0. The lowest BCUT2D eigenvalue weighted by Crippen LogP contribution is -2.42. The van der Waals surface area contributed by atoms with E-state index in [1.807, 2.05) is 0 Å². The van der Waals surface area contributed by atoms with Gasteiger partial charge in [-0.2, -0.15) is 0 Å². The zero-order chi connectivity index (χ0) is 25.7. The minimum Gasteiger partial charge on any atom is -0.492 e. The van der Waals surface area contributed by atoms with E-state index in [0.717, 1.165) is 24.8 Å². The van der Waals surface area contributed by atoms with Gasteiger partial charge in [-0.1, -0.05) is 50.3 Å². The van der Waals surface area contributed by atoms with Gasteiger partial charge in [0.25, 0.3) is 0 Å². The number of benzene rings is 1. The molecule has 0 spiro atoms. The Morgan fingerprint density at radius 1 is 0.914 bits per heavy atom. The van der Waals surface area contributed by atoms with Gasteiger partial charge in [0, 0.05) is 6.54 Å². The van der Waals surface area contributed by atoms with Crippen LogP contribution in [0, 0.1) is 5.92 Å². The van der Waals surface area contributed by atoms with E-state index < -0.39 is 36.4 Å². The van der Waals surface area contributed by atoms with Crippen LogP contribution in [-0.2, 0) is 20.8 Å². The fourth-order valence-electron chi connectivity index (χ4n) is 4.69. The monoisotopic (exact) mass is 493 g/mol. The molecule has 1 saturated heterocycles. The number of carbonyl (C=O) groups is 3. The third kappa shape index (κ3) is 10.7. The molecule has 2 aliphatic rings. The number of aliphatic carboxylic acids is 3. The summed E-state index contributed by atoms with van der Waals surface area (Å²) in [5.74, 6) is -2.95. The first kappa shape index (κ1) is 28.6. The van der Waals surface area contributed by atoms with Gasteiger partial charge >= 0.3 is 17.9 Å². The second-order valence-corrected chi connectivity index (χ2v) is 9.53. The predicted octanol–water partition coefficient (Wildman–Crippen LogP) is 3.43. The van der Waals surface area contributed by atoms with Gasteiger partial charge in [-0.05, 0) is 56.3 Å². The average Bonchev–Trinajstić information content (AvgIpc) is 3.32. The molecule has 196 valence electrons. The van der Waals surface area contributed by atoms with Crippen LogP contribution in [0.25, 0.3) is 0 Å². The highest BCUT2D eigenvalue weighted by Gasteiger charge is 2.40. The quantitative estimate of drug-likeness (QED) is 0.344. The zero-order valence-electron chi connectivity index (χ0n) is 20.4. The van der Waals surface area contributed by atoms with Crippen molar-refractivity contribution in [3.8, 4) is 5.75 Å². The summed E-state index contributed by atoms with van der Waals surface area (Å²) in [5.41, 5.74) is -1.33. The molecule has 1 aromatic rings. The van der Waals surface area contributed by atoms with Crippen LogP contribution in [0.5, 0.6) is 5.75 Å². The Hall–Kier alpha value is -2.65. The number of ether oxygens (including phenoxy) is 1. The number of hydrogen-bond donors (Lipinski definition) is 4. The molecule has 1 aromatic carbocycles. The van der Waals surface area contributed by atoms with Crippen LogP contribution >= 0.6 is 0 Å². The molecule has 1 aliphatic heterocycles. The van der Waals surface area contributed by atoms with Crippen molar-refractivity contribution >= 4 is 17.9 Å². The van der Waals surface area contributed by atoms with Gasteiger partial charge in [0.1, 0.15) is 12.4 Å². The number of hydrogen-bond acceptors (Lipinski definition) is 6. The van der Waals surface area contributed by atoms with Crippen molar-refractivity contribution in [1.29, 1.82) is 0 Å². The Kier molecular flexibility index (Phi) is 12.0. The van der Waals surface area contributed by atoms with E-state index in [-0.39, 0.29) is 0 Å². The number of para-hydroxylation sites is 1. The third-order valence-corrected chi connectivity index (χ3v) is 6.67. The summed E-state index contributed by atoms with van der Waals surface area (Å²) in [5, 5.41) is 33.8. The number of nitrogens with zero attached hydrogens (tertiary/aromatic N) is 1. The molecular formula is C26H39NO8. The highest BCUT2D eigenvalue weighted by atomic mass is 16.5. The number of carboxylic acids is 3. The van der Waals surface area contributed by atoms with Gasteiger partial charge < -0.3 is 25.2 Å². The summed E-state index contributed by atoms with van der Waals surface area (Å²) in [7, 11) is 0. The molecule has 35 heavy (non-hydrogen) atoms.